The normalized spacial score (nSPS) is 28.1. The predicted octanol–water partition coefficient (Wildman–Crippen LogP) is 6.68. The van der Waals surface area contributed by atoms with Crippen molar-refractivity contribution in [1.82, 2.24) is 10.2 Å². The van der Waals surface area contributed by atoms with Gasteiger partial charge in [0.15, 0.2) is 0 Å². The Morgan fingerprint density at radius 1 is 1.24 bits per heavy atom. The summed E-state index contributed by atoms with van der Waals surface area (Å²) in [5.74, 6) is 2.62. The van der Waals surface area contributed by atoms with Gasteiger partial charge < -0.3 is 10.4 Å². The number of rotatable bonds is 7. The number of amides is 1. The predicted molar refractivity (Wildman–Crippen MR) is 149 cm³/mol. The van der Waals surface area contributed by atoms with E-state index in [-0.39, 0.29) is 11.3 Å². The van der Waals surface area contributed by atoms with Crippen LogP contribution in [0.2, 0.25) is 0 Å². The van der Waals surface area contributed by atoms with E-state index < -0.39 is 0 Å². The van der Waals surface area contributed by atoms with Crippen molar-refractivity contribution < 1.29 is 14.7 Å². The third-order valence-electron chi connectivity index (χ3n) is 9.99. The molecule has 5 atom stereocenters. The van der Waals surface area contributed by atoms with Gasteiger partial charge in [0.1, 0.15) is 11.5 Å². The van der Waals surface area contributed by atoms with E-state index in [9.17, 15) is 14.7 Å². The van der Waals surface area contributed by atoms with Crippen LogP contribution in [-0.4, -0.2) is 27.0 Å². The molecule has 6 rings (SSSR count). The molecule has 0 bridgehead atoms. The molecule has 1 amide bonds. The lowest BCUT2D eigenvalue weighted by Gasteiger charge is -2.50. The second kappa shape index (κ2) is 9.87. The molecule has 3 N–H and O–H groups in total. The maximum absolute atomic E-state index is 13.3. The molecule has 0 spiro atoms. The summed E-state index contributed by atoms with van der Waals surface area (Å²) < 4.78 is 0. The second-order valence-corrected chi connectivity index (χ2v) is 12.2. The van der Waals surface area contributed by atoms with Crippen LogP contribution in [0, 0.1) is 23.2 Å². The number of aryl methyl sites for hydroxylation is 2. The number of aromatic nitrogens is 2. The molecule has 1 heterocycles. The number of Topliss-reactive ketones (excluding diaryl/α,β-unsaturated/α-hetero) is 1. The van der Waals surface area contributed by atoms with E-state index in [4.69, 9.17) is 0 Å². The third kappa shape index (κ3) is 4.32. The molecule has 200 valence electrons. The fraction of sp³-hybridized carbons (Fsp3) is 0.531. The van der Waals surface area contributed by atoms with Gasteiger partial charge in [-0.2, -0.15) is 5.10 Å². The van der Waals surface area contributed by atoms with Gasteiger partial charge in [-0.3, -0.25) is 14.7 Å². The summed E-state index contributed by atoms with van der Waals surface area (Å²) in [6.07, 6.45) is 10.6. The number of phenols is 1. The summed E-state index contributed by atoms with van der Waals surface area (Å²) in [6, 6.07) is 10.1. The maximum Gasteiger partial charge on any atom is 0.224 e. The Bertz CT molecular complexity index is 1380. The number of aromatic hydroxyl groups is 1. The average molecular weight is 514 g/mol. The smallest absolute Gasteiger partial charge is 0.224 e. The van der Waals surface area contributed by atoms with Gasteiger partial charge in [-0.1, -0.05) is 26.3 Å². The Morgan fingerprint density at radius 2 is 2.11 bits per heavy atom. The summed E-state index contributed by atoms with van der Waals surface area (Å²) in [4.78, 5) is 26.1. The summed E-state index contributed by atoms with van der Waals surface area (Å²) in [6.45, 7) is 4.38. The van der Waals surface area contributed by atoms with Crippen LogP contribution in [0.3, 0.4) is 0 Å². The van der Waals surface area contributed by atoms with Crippen LogP contribution < -0.4 is 5.32 Å². The largest absolute Gasteiger partial charge is 0.508 e. The van der Waals surface area contributed by atoms with Crippen molar-refractivity contribution in [2.75, 3.05) is 5.32 Å². The summed E-state index contributed by atoms with van der Waals surface area (Å²) in [7, 11) is 0. The minimum absolute atomic E-state index is 0.0207. The van der Waals surface area contributed by atoms with Crippen molar-refractivity contribution in [3.8, 4) is 5.75 Å². The molecular weight excluding hydrogens is 474 g/mol. The van der Waals surface area contributed by atoms with Gasteiger partial charge in [0.2, 0.25) is 5.91 Å². The number of ketones is 1. The van der Waals surface area contributed by atoms with E-state index in [1.807, 2.05) is 24.3 Å². The van der Waals surface area contributed by atoms with Crippen molar-refractivity contribution in [3.05, 3.63) is 53.2 Å². The number of aromatic amines is 1. The molecule has 2 fully saturated rings. The van der Waals surface area contributed by atoms with Crippen molar-refractivity contribution in [2.45, 2.75) is 84.0 Å². The zero-order valence-electron chi connectivity index (χ0n) is 22.6. The van der Waals surface area contributed by atoms with Gasteiger partial charge in [-0.05, 0) is 110 Å². The number of hydrogen-bond acceptors (Lipinski definition) is 4. The zero-order valence-corrected chi connectivity index (χ0v) is 22.6. The number of nitrogens with zero attached hydrogens (tertiary/aromatic N) is 1. The first-order valence-electron chi connectivity index (χ1n) is 14.5. The average Bonchev–Trinajstić information content (AvgIpc) is 3.46. The fourth-order valence-electron chi connectivity index (χ4n) is 8.21. The summed E-state index contributed by atoms with van der Waals surface area (Å²) >= 11 is 0. The topological polar surface area (TPSA) is 95.1 Å². The van der Waals surface area contributed by atoms with E-state index in [0.29, 0.717) is 48.0 Å². The Kier molecular flexibility index (Phi) is 6.53. The molecule has 3 aliphatic rings. The number of anilines is 1. The number of H-pyrrole nitrogens is 1. The van der Waals surface area contributed by atoms with Gasteiger partial charge >= 0.3 is 0 Å². The first-order chi connectivity index (χ1) is 18.4. The Hall–Kier alpha value is -3.15. The van der Waals surface area contributed by atoms with Gasteiger partial charge in [0.25, 0.3) is 0 Å². The standard InChI is InChI=1S/C32H39N3O3/c1-3-5-20-14-26-19(15-28(20)36)9-11-25-24(26)12-13-32(2)29(37)16-21(31(25)32)6-4-7-30(38)34-23-10-8-22-18-33-35-27(22)17-23/h8,10,14-15,17-18,21,24-25,31,36H,3-7,9,11-13,16H2,1-2H3,(H,33,35)(H,34,38)/t21?,24?,25?,31?,32-/m1/s1. The highest BCUT2D eigenvalue weighted by atomic mass is 16.3. The van der Waals surface area contributed by atoms with Crippen molar-refractivity contribution >= 4 is 28.3 Å². The second-order valence-electron chi connectivity index (χ2n) is 12.2. The number of nitrogens with one attached hydrogen (secondary N) is 2. The Balaban J connectivity index is 1.14. The molecule has 6 nitrogen and oxygen atoms in total. The van der Waals surface area contributed by atoms with Crippen LogP contribution >= 0.6 is 0 Å². The molecule has 0 saturated heterocycles. The van der Waals surface area contributed by atoms with Crippen molar-refractivity contribution in [1.29, 1.82) is 0 Å². The fourth-order valence-corrected chi connectivity index (χ4v) is 8.21. The van der Waals surface area contributed by atoms with Crippen LogP contribution in [0.1, 0.15) is 87.8 Å². The molecular formula is C32H39N3O3. The molecule has 3 aliphatic carbocycles. The van der Waals surface area contributed by atoms with E-state index in [1.165, 1.54) is 11.1 Å². The van der Waals surface area contributed by atoms with Gasteiger partial charge in [-0.25, -0.2) is 0 Å². The van der Waals surface area contributed by atoms with Crippen molar-refractivity contribution in [2.24, 2.45) is 23.2 Å². The lowest BCUT2D eigenvalue weighted by molar-refractivity contribution is -0.129. The van der Waals surface area contributed by atoms with E-state index in [0.717, 1.165) is 73.5 Å². The number of phenolic OH excluding ortho intramolecular Hbond substituents is 1. The Morgan fingerprint density at radius 3 is 2.95 bits per heavy atom. The highest BCUT2D eigenvalue weighted by Gasteiger charge is 2.58. The molecule has 0 aliphatic heterocycles. The molecule has 4 unspecified atom stereocenters. The first kappa shape index (κ1) is 25.1. The van der Waals surface area contributed by atoms with E-state index in [1.54, 1.807) is 6.20 Å². The summed E-state index contributed by atoms with van der Waals surface area (Å²) in [5, 5.41) is 21.6. The highest BCUT2D eigenvalue weighted by molar-refractivity contribution is 5.93. The molecule has 0 radical (unpaired) electrons. The Labute approximate surface area is 224 Å². The number of benzene rings is 2. The molecule has 2 saturated carbocycles. The van der Waals surface area contributed by atoms with Crippen molar-refractivity contribution in [3.63, 3.8) is 0 Å². The van der Waals surface area contributed by atoms with Crippen LogP contribution in [0.5, 0.6) is 5.75 Å². The van der Waals surface area contributed by atoms with Crippen LogP contribution in [0.4, 0.5) is 5.69 Å². The van der Waals surface area contributed by atoms with Gasteiger partial charge in [-0.15, -0.1) is 0 Å². The van der Waals surface area contributed by atoms with Crippen LogP contribution in [0.25, 0.3) is 10.9 Å². The lowest BCUT2D eigenvalue weighted by Crippen LogP contribution is -2.44. The maximum atomic E-state index is 13.3. The minimum atomic E-state index is -0.228. The highest BCUT2D eigenvalue weighted by Crippen LogP contribution is 2.62. The summed E-state index contributed by atoms with van der Waals surface area (Å²) in [5.41, 5.74) is 5.25. The number of fused-ring (bicyclic) bond motifs is 6. The molecule has 2 aromatic carbocycles. The zero-order chi connectivity index (χ0) is 26.4. The van der Waals surface area contributed by atoms with Gasteiger partial charge in [0.05, 0.1) is 11.7 Å². The molecule has 3 aromatic rings. The van der Waals surface area contributed by atoms with Crippen LogP contribution in [0.15, 0.2) is 36.5 Å². The van der Waals surface area contributed by atoms with Gasteiger partial charge in [0, 0.05) is 29.3 Å². The number of hydrogen-bond donors (Lipinski definition) is 3. The van der Waals surface area contributed by atoms with Crippen LogP contribution in [-0.2, 0) is 22.4 Å². The van der Waals surface area contributed by atoms with E-state index in [2.05, 4.69) is 35.4 Å². The SMILES string of the molecule is CCCc1cc2c(cc1O)CCC1C2CC[C@]2(C)C(=O)CC(CCCC(=O)Nc3ccc4cn[nH]c4c3)C12. The number of carbonyl (C=O) groups excluding carboxylic acids is 2. The molecule has 6 heteroatoms. The third-order valence-corrected chi connectivity index (χ3v) is 9.99. The monoisotopic (exact) mass is 513 g/mol. The van der Waals surface area contributed by atoms with E-state index >= 15 is 0 Å². The molecule has 38 heavy (non-hydrogen) atoms. The first-order valence-corrected chi connectivity index (χ1v) is 14.5. The quantitative estimate of drug-likeness (QED) is 0.328. The number of carbonyl (C=O) groups is 2. The lowest BCUT2D eigenvalue weighted by atomic mass is 9.54. The minimum Gasteiger partial charge on any atom is -0.508 e. The molecule has 1 aromatic heterocycles.